The second-order valence-electron chi connectivity index (χ2n) is 7.60. The summed E-state index contributed by atoms with van der Waals surface area (Å²) in [7, 11) is 0. The fourth-order valence-electron chi connectivity index (χ4n) is 4.27. The molecule has 1 aliphatic heterocycles. The molecule has 0 radical (unpaired) electrons. The molecule has 1 heterocycles. The van der Waals surface area contributed by atoms with Gasteiger partial charge in [0.1, 0.15) is 0 Å². The molecule has 2 nitrogen and oxygen atoms in total. The molecule has 0 fully saturated rings. The van der Waals surface area contributed by atoms with Gasteiger partial charge in [0.25, 0.3) is 0 Å². The third-order valence-corrected chi connectivity index (χ3v) is 5.75. The maximum Gasteiger partial charge on any atom is 0.194 e. The number of hydrogen-bond donors (Lipinski definition) is 1. The smallest absolute Gasteiger partial charge is 0.194 e. The Kier molecular flexibility index (Phi) is 5.06. The fourth-order valence-corrected chi connectivity index (χ4v) is 4.27. The third-order valence-electron chi connectivity index (χ3n) is 5.75. The van der Waals surface area contributed by atoms with Gasteiger partial charge in [-0.1, -0.05) is 35.9 Å². The molecule has 0 amide bonds. The SMILES string of the molecule is N[C@H]1CC(CN2CCc3ccccc3C2)=CC[C@@H]1c1cc(F)c(F)c(F)c1. The molecule has 2 atom stereocenters. The van der Waals surface area contributed by atoms with Gasteiger partial charge in [-0.15, -0.1) is 0 Å². The summed E-state index contributed by atoms with van der Waals surface area (Å²) in [4.78, 5) is 2.42. The molecule has 2 aromatic carbocycles. The zero-order valence-corrected chi connectivity index (χ0v) is 15.1. The van der Waals surface area contributed by atoms with Gasteiger partial charge in [-0.2, -0.15) is 0 Å². The lowest BCUT2D eigenvalue weighted by atomic mass is 9.80. The van der Waals surface area contributed by atoms with Crippen LogP contribution in [-0.4, -0.2) is 24.0 Å². The summed E-state index contributed by atoms with van der Waals surface area (Å²) in [5.74, 6) is -3.93. The summed E-state index contributed by atoms with van der Waals surface area (Å²) in [5.41, 5.74) is 10.8. The molecule has 4 rings (SSSR count). The van der Waals surface area contributed by atoms with Gasteiger partial charge < -0.3 is 5.73 Å². The number of hydrogen-bond acceptors (Lipinski definition) is 2. The van der Waals surface area contributed by atoms with Crippen molar-refractivity contribution in [2.75, 3.05) is 13.1 Å². The molecule has 2 aromatic rings. The van der Waals surface area contributed by atoms with E-state index in [4.69, 9.17) is 5.73 Å². The Morgan fingerprint density at radius 3 is 2.44 bits per heavy atom. The normalized spacial score (nSPS) is 23.0. The molecule has 0 bridgehead atoms. The van der Waals surface area contributed by atoms with Crippen molar-refractivity contribution in [3.63, 3.8) is 0 Å². The van der Waals surface area contributed by atoms with E-state index in [0.29, 0.717) is 18.4 Å². The largest absolute Gasteiger partial charge is 0.327 e. The number of halogens is 3. The number of nitrogens with zero attached hydrogens (tertiary/aromatic N) is 1. The van der Waals surface area contributed by atoms with Gasteiger partial charge in [0, 0.05) is 31.6 Å². The van der Waals surface area contributed by atoms with E-state index in [1.807, 2.05) is 0 Å². The molecule has 2 aliphatic rings. The number of benzene rings is 2. The molecule has 0 unspecified atom stereocenters. The molecule has 27 heavy (non-hydrogen) atoms. The lowest BCUT2D eigenvalue weighted by molar-refractivity contribution is 0.269. The molecule has 2 N–H and O–H groups in total. The van der Waals surface area contributed by atoms with E-state index in [9.17, 15) is 13.2 Å². The van der Waals surface area contributed by atoms with Crippen LogP contribution >= 0.6 is 0 Å². The van der Waals surface area contributed by atoms with E-state index < -0.39 is 17.5 Å². The first-order valence-corrected chi connectivity index (χ1v) is 9.38. The van der Waals surface area contributed by atoms with Crippen LogP contribution in [-0.2, 0) is 13.0 Å². The molecule has 142 valence electrons. The van der Waals surface area contributed by atoms with Gasteiger partial charge in [-0.3, -0.25) is 4.90 Å². The zero-order valence-electron chi connectivity index (χ0n) is 15.1. The Bertz CT molecular complexity index is 855. The average Bonchev–Trinajstić information content (AvgIpc) is 2.66. The molecule has 0 spiro atoms. The van der Waals surface area contributed by atoms with E-state index in [0.717, 1.165) is 38.2 Å². The highest BCUT2D eigenvalue weighted by atomic mass is 19.2. The van der Waals surface area contributed by atoms with Gasteiger partial charge in [0.05, 0.1) is 0 Å². The van der Waals surface area contributed by atoms with Crippen LogP contribution < -0.4 is 5.73 Å². The van der Waals surface area contributed by atoms with Crippen molar-refractivity contribution in [3.05, 3.63) is 82.2 Å². The van der Waals surface area contributed by atoms with E-state index in [2.05, 4.69) is 35.2 Å². The first-order chi connectivity index (χ1) is 13.0. The molecule has 0 saturated carbocycles. The monoisotopic (exact) mass is 372 g/mol. The topological polar surface area (TPSA) is 29.3 Å². The summed E-state index contributed by atoms with van der Waals surface area (Å²) in [5, 5.41) is 0. The zero-order chi connectivity index (χ0) is 19.0. The minimum absolute atomic E-state index is 0.194. The van der Waals surface area contributed by atoms with Crippen molar-refractivity contribution in [2.24, 2.45) is 5.73 Å². The van der Waals surface area contributed by atoms with Gasteiger partial charge >= 0.3 is 0 Å². The predicted octanol–water partition coefficient (Wildman–Crippen LogP) is 4.29. The fraction of sp³-hybridized carbons (Fsp3) is 0.364. The number of nitrogens with two attached hydrogens (primary N) is 1. The summed E-state index contributed by atoms with van der Waals surface area (Å²) in [6.07, 6.45) is 4.48. The molecule has 0 aromatic heterocycles. The van der Waals surface area contributed by atoms with Crippen molar-refractivity contribution in [1.29, 1.82) is 0 Å². The van der Waals surface area contributed by atoms with E-state index in [1.54, 1.807) is 0 Å². The Morgan fingerprint density at radius 1 is 1.04 bits per heavy atom. The molecular weight excluding hydrogens is 349 g/mol. The van der Waals surface area contributed by atoms with Crippen molar-refractivity contribution >= 4 is 0 Å². The van der Waals surface area contributed by atoms with Crippen LogP contribution in [0.1, 0.15) is 35.4 Å². The second kappa shape index (κ2) is 7.49. The van der Waals surface area contributed by atoms with E-state index in [1.165, 1.54) is 16.7 Å². The lowest BCUT2D eigenvalue weighted by Crippen LogP contribution is -2.36. The van der Waals surface area contributed by atoms with Crippen LogP contribution in [0.4, 0.5) is 13.2 Å². The Morgan fingerprint density at radius 2 is 1.74 bits per heavy atom. The minimum Gasteiger partial charge on any atom is -0.327 e. The third kappa shape index (κ3) is 3.80. The number of rotatable bonds is 3. The highest BCUT2D eigenvalue weighted by molar-refractivity contribution is 5.31. The standard InChI is InChI=1S/C22H23F3N2/c23-19-10-17(11-20(24)22(19)25)18-6-5-14(9-21(18)26)12-27-8-7-15-3-1-2-4-16(15)13-27/h1-5,10-11,18,21H,6-9,12-13,26H2/t18-,21+/m1/s1. The van der Waals surface area contributed by atoms with Gasteiger partial charge in [-0.25, -0.2) is 13.2 Å². The van der Waals surface area contributed by atoms with Crippen LogP contribution in [0.15, 0.2) is 48.0 Å². The minimum atomic E-state index is -1.43. The number of fused-ring (bicyclic) bond motifs is 1. The Balaban J connectivity index is 1.44. The van der Waals surface area contributed by atoms with E-state index >= 15 is 0 Å². The summed E-state index contributed by atoms with van der Waals surface area (Å²) < 4.78 is 40.3. The van der Waals surface area contributed by atoms with Gasteiger partial charge in [0.2, 0.25) is 0 Å². The lowest BCUT2D eigenvalue weighted by Gasteiger charge is -2.33. The van der Waals surface area contributed by atoms with Crippen molar-refractivity contribution < 1.29 is 13.2 Å². The van der Waals surface area contributed by atoms with Crippen molar-refractivity contribution in [2.45, 2.75) is 37.8 Å². The first kappa shape index (κ1) is 18.3. The van der Waals surface area contributed by atoms with Crippen LogP contribution in [0.25, 0.3) is 0 Å². The quantitative estimate of drug-likeness (QED) is 0.643. The number of allylic oxidation sites excluding steroid dienone is 1. The van der Waals surface area contributed by atoms with Crippen molar-refractivity contribution in [3.8, 4) is 0 Å². The van der Waals surface area contributed by atoms with Gasteiger partial charge in [0.15, 0.2) is 17.5 Å². The van der Waals surface area contributed by atoms with Crippen LogP contribution in [0.5, 0.6) is 0 Å². The molecule has 0 saturated heterocycles. The van der Waals surface area contributed by atoms with Crippen LogP contribution in [0.2, 0.25) is 0 Å². The van der Waals surface area contributed by atoms with Crippen molar-refractivity contribution in [1.82, 2.24) is 4.90 Å². The Hall–Kier alpha value is -2.11. The molecular formula is C22H23F3N2. The maximum atomic E-state index is 13.6. The predicted molar refractivity (Wildman–Crippen MR) is 99.8 cm³/mol. The molecule has 1 aliphatic carbocycles. The highest BCUT2D eigenvalue weighted by Gasteiger charge is 2.27. The second-order valence-corrected chi connectivity index (χ2v) is 7.60. The average molecular weight is 372 g/mol. The molecule has 5 heteroatoms. The van der Waals surface area contributed by atoms with Crippen LogP contribution in [0.3, 0.4) is 0 Å². The van der Waals surface area contributed by atoms with Crippen LogP contribution in [0, 0.1) is 17.5 Å². The summed E-state index contributed by atoms with van der Waals surface area (Å²) >= 11 is 0. The summed E-state index contributed by atoms with van der Waals surface area (Å²) in [6.45, 7) is 2.81. The van der Waals surface area contributed by atoms with Gasteiger partial charge in [-0.05, 0) is 48.1 Å². The maximum absolute atomic E-state index is 13.6. The summed E-state index contributed by atoms with van der Waals surface area (Å²) in [6, 6.07) is 10.4. The first-order valence-electron chi connectivity index (χ1n) is 9.38. The highest BCUT2D eigenvalue weighted by Crippen LogP contribution is 2.33. The van der Waals surface area contributed by atoms with E-state index in [-0.39, 0.29) is 12.0 Å². The Labute approximate surface area is 157 Å².